The zero-order valence-corrected chi connectivity index (χ0v) is 8.51. The Hall–Kier alpha value is -1.74. The van der Waals surface area contributed by atoms with E-state index in [9.17, 15) is 0 Å². The fourth-order valence-electron chi connectivity index (χ4n) is 0.949. The average Bonchev–Trinajstić information content (AvgIpc) is 2.65. The van der Waals surface area contributed by atoms with E-state index in [2.05, 4.69) is 31.0 Å². The molecule has 0 fully saturated rings. The lowest BCUT2D eigenvalue weighted by Crippen LogP contribution is -2.00. The van der Waals surface area contributed by atoms with E-state index >= 15 is 0 Å². The van der Waals surface area contributed by atoms with Gasteiger partial charge in [0.1, 0.15) is 10.7 Å². The maximum atomic E-state index is 8.62. The maximum Gasteiger partial charge on any atom is 0.173 e. The number of nitriles is 1. The van der Waals surface area contributed by atoms with Crippen molar-refractivity contribution in [1.82, 2.24) is 19.7 Å². The molecule has 5 nitrogen and oxygen atoms in total. The van der Waals surface area contributed by atoms with Crippen molar-refractivity contribution in [3.63, 3.8) is 0 Å². The fourth-order valence-corrected chi connectivity index (χ4v) is 1.24. The monoisotopic (exact) mass is 249 g/mol. The summed E-state index contributed by atoms with van der Waals surface area (Å²) in [5, 5.41) is 12.7. The summed E-state index contributed by atoms with van der Waals surface area (Å²) in [6.07, 6.45) is 4.68. The molecule has 0 saturated carbocycles. The molecular formula is C8H4BrN5. The molecule has 0 amide bonds. The minimum absolute atomic E-state index is 0.272. The van der Waals surface area contributed by atoms with Crippen molar-refractivity contribution in [2.75, 3.05) is 0 Å². The fraction of sp³-hybridized carbons (Fsp3) is 0. The van der Waals surface area contributed by atoms with Crippen LogP contribution in [0.15, 0.2) is 29.3 Å². The Labute approximate surface area is 88.2 Å². The molecule has 0 atom stereocenters. The highest BCUT2D eigenvalue weighted by atomic mass is 79.9. The molecule has 0 radical (unpaired) electrons. The van der Waals surface area contributed by atoms with Crippen LogP contribution in [0.3, 0.4) is 0 Å². The Kier molecular flexibility index (Phi) is 2.24. The van der Waals surface area contributed by atoms with Crippen molar-refractivity contribution in [3.8, 4) is 11.9 Å². The van der Waals surface area contributed by atoms with Crippen LogP contribution >= 0.6 is 15.9 Å². The quantitative estimate of drug-likeness (QED) is 0.764. The van der Waals surface area contributed by atoms with Crippen molar-refractivity contribution >= 4 is 15.9 Å². The molecule has 0 saturated heterocycles. The van der Waals surface area contributed by atoms with E-state index in [1.54, 1.807) is 18.5 Å². The summed E-state index contributed by atoms with van der Waals surface area (Å²) in [7, 11) is 0. The average molecular weight is 250 g/mol. The molecule has 0 aliphatic heterocycles. The van der Waals surface area contributed by atoms with E-state index in [1.807, 2.05) is 6.07 Å². The number of halogens is 1. The van der Waals surface area contributed by atoms with Gasteiger partial charge in [0, 0.05) is 6.20 Å². The Morgan fingerprint density at radius 2 is 2.29 bits per heavy atom. The van der Waals surface area contributed by atoms with Crippen molar-refractivity contribution in [1.29, 1.82) is 5.26 Å². The van der Waals surface area contributed by atoms with Crippen molar-refractivity contribution in [2.24, 2.45) is 0 Å². The first-order valence-electron chi connectivity index (χ1n) is 3.73. The third-order valence-electron chi connectivity index (χ3n) is 1.53. The third-order valence-corrected chi connectivity index (χ3v) is 1.95. The second kappa shape index (κ2) is 3.55. The molecule has 0 spiro atoms. The van der Waals surface area contributed by atoms with Gasteiger partial charge >= 0.3 is 0 Å². The van der Waals surface area contributed by atoms with E-state index in [-0.39, 0.29) is 5.69 Å². The first kappa shape index (κ1) is 8.84. The highest BCUT2D eigenvalue weighted by Crippen LogP contribution is 2.08. The predicted molar refractivity (Wildman–Crippen MR) is 51.6 cm³/mol. The standard InChI is InChI=1S/C8H4BrN5/c9-7-1-2-14(13-7)8-5-11-4-6(3-10)12-8/h1-2,4-5H. The van der Waals surface area contributed by atoms with Gasteiger partial charge in [-0.3, -0.25) is 4.98 Å². The van der Waals surface area contributed by atoms with E-state index in [0.717, 1.165) is 0 Å². The maximum absolute atomic E-state index is 8.62. The third kappa shape index (κ3) is 1.63. The molecule has 2 rings (SSSR count). The summed E-state index contributed by atoms with van der Waals surface area (Å²) in [4.78, 5) is 7.91. The molecule has 0 aliphatic rings. The topological polar surface area (TPSA) is 67.4 Å². The van der Waals surface area contributed by atoms with Crippen LogP contribution in [-0.2, 0) is 0 Å². The van der Waals surface area contributed by atoms with E-state index in [4.69, 9.17) is 5.26 Å². The Morgan fingerprint density at radius 3 is 2.93 bits per heavy atom. The van der Waals surface area contributed by atoms with Crippen molar-refractivity contribution in [2.45, 2.75) is 0 Å². The number of nitrogens with zero attached hydrogens (tertiary/aromatic N) is 5. The lowest BCUT2D eigenvalue weighted by molar-refractivity contribution is 0.827. The molecule has 68 valence electrons. The van der Waals surface area contributed by atoms with Gasteiger partial charge in [-0.25, -0.2) is 9.67 Å². The van der Waals surface area contributed by atoms with Gasteiger partial charge in [0.25, 0.3) is 0 Å². The van der Waals surface area contributed by atoms with Gasteiger partial charge in [0.2, 0.25) is 0 Å². The zero-order chi connectivity index (χ0) is 9.97. The number of aromatic nitrogens is 4. The lowest BCUT2D eigenvalue weighted by Gasteiger charge is -1.98. The summed E-state index contributed by atoms with van der Waals surface area (Å²) >= 11 is 3.22. The molecule has 0 aliphatic carbocycles. The van der Waals surface area contributed by atoms with Crippen LogP contribution in [0.4, 0.5) is 0 Å². The first-order chi connectivity index (χ1) is 6.79. The molecular weight excluding hydrogens is 246 g/mol. The summed E-state index contributed by atoms with van der Waals surface area (Å²) in [6, 6.07) is 3.70. The van der Waals surface area contributed by atoms with Gasteiger partial charge in [-0.05, 0) is 22.0 Å². The number of rotatable bonds is 1. The normalized spacial score (nSPS) is 9.71. The summed E-state index contributed by atoms with van der Waals surface area (Å²) in [5.74, 6) is 0.523. The van der Waals surface area contributed by atoms with Gasteiger partial charge in [-0.2, -0.15) is 10.4 Å². The van der Waals surface area contributed by atoms with Crippen LogP contribution in [0.2, 0.25) is 0 Å². The summed E-state index contributed by atoms with van der Waals surface area (Å²) < 4.78 is 2.25. The molecule has 2 heterocycles. The van der Waals surface area contributed by atoms with Gasteiger partial charge in [0.15, 0.2) is 11.5 Å². The molecule has 0 N–H and O–H groups in total. The SMILES string of the molecule is N#Cc1cncc(-n2ccc(Br)n2)n1. The zero-order valence-electron chi connectivity index (χ0n) is 6.92. The molecule has 0 bridgehead atoms. The van der Waals surface area contributed by atoms with Crippen molar-refractivity contribution in [3.05, 3.63) is 35.0 Å². The minimum Gasteiger partial charge on any atom is -0.258 e. The van der Waals surface area contributed by atoms with Crippen LogP contribution in [-0.4, -0.2) is 19.7 Å². The number of hydrogen-bond donors (Lipinski definition) is 0. The second-order valence-electron chi connectivity index (χ2n) is 2.46. The predicted octanol–water partition coefficient (Wildman–Crippen LogP) is 1.30. The number of hydrogen-bond acceptors (Lipinski definition) is 4. The molecule has 2 aromatic heterocycles. The van der Waals surface area contributed by atoms with Crippen LogP contribution in [0.5, 0.6) is 0 Å². The second-order valence-corrected chi connectivity index (χ2v) is 3.27. The Morgan fingerprint density at radius 1 is 1.43 bits per heavy atom. The van der Waals surface area contributed by atoms with Gasteiger partial charge in [-0.1, -0.05) is 0 Å². The molecule has 6 heteroatoms. The highest BCUT2D eigenvalue weighted by Gasteiger charge is 2.01. The highest BCUT2D eigenvalue weighted by molar-refractivity contribution is 9.10. The van der Waals surface area contributed by atoms with Gasteiger partial charge in [-0.15, -0.1) is 0 Å². The smallest absolute Gasteiger partial charge is 0.173 e. The summed E-state index contributed by atoms with van der Waals surface area (Å²) in [6.45, 7) is 0. The van der Waals surface area contributed by atoms with Crippen LogP contribution in [0, 0.1) is 11.3 Å². The Bertz CT molecular complexity index is 498. The summed E-state index contributed by atoms with van der Waals surface area (Å²) in [5.41, 5.74) is 0.272. The molecule has 14 heavy (non-hydrogen) atoms. The van der Waals surface area contributed by atoms with Gasteiger partial charge in [0.05, 0.1) is 12.4 Å². The van der Waals surface area contributed by atoms with E-state index < -0.39 is 0 Å². The minimum atomic E-state index is 0.272. The largest absolute Gasteiger partial charge is 0.258 e. The van der Waals surface area contributed by atoms with E-state index in [1.165, 1.54) is 10.9 Å². The van der Waals surface area contributed by atoms with Crippen LogP contribution in [0.1, 0.15) is 5.69 Å². The molecule has 2 aromatic rings. The lowest BCUT2D eigenvalue weighted by atomic mass is 10.5. The Balaban J connectivity index is 2.47. The molecule has 0 unspecified atom stereocenters. The van der Waals surface area contributed by atoms with Gasteiger partial charge < -0.3 is 0 Å². The first-order valence-corrected chi connectivity index (χ1v) is 4.52. The van der Waals surface area contributed by atoms with Crippen LogP contribution < -0.4 is 0 Å². The van der Waals surface area contributed by atoms with Crippen LogP contribution in [0.25, 0.3) is 5.82 Å². The van der Waals surface area contributed by atoms with Crippen molar-refractivity contribution < 1.29 is 0 Å². The molecule has 0 aromatic carbocycles. The van der Waals surface area contributed by atoms with E-state index in [0.29, 0.717) is 10.4 Å².